The number of hydrogen-bond acceptors (Lipinski definition) is 8. The Bertz CT molecular complexity index is 1280. The molecule has 3 amide bonds. The Balaban J connectivity index is 1.54. The zero-order valence-corrected chi connectivity index (χ0v) is 21.2. The Morgan fingerprint density at radius 3 is 2.33 bits per heavy atom. The van der Waals surface area contributed by atoms with Gasteiger partial charge in [0.05, 0.1) is 13.2 Å². The molecule has 1 aliphatic rings. The number of ether oxygens (including phenoxy) is 2. The van der Waals surface area contributed by atoms with E-state index in [-0.39, 0.29) is 6.42 Å². The lowest BCUT2D eigenvalue weighted by Gasteiger charge is -2.30. The number of nitrogens with two attached hydrogens (primary N) is 1. The Morgan fingerprint density at radius 2 is 1.62 bits per heavy atom. The van der Waals surface area contributed by atoms with Crippen LogP contribution in [0.15, 0.2) is 72.8 Å². The fraction of sp³-hybridized carbons (Fsp3) is 0.296. The maximum atomic E-state index is 13.5. The van der Waals surface area contributed by atoms with Crippen molar-refractivity contribution in [1.82, 2.24) is 15.5 Å². The molecular formula is C27H31BN4O7. The number of benzene rings is 3. The summed E-state index contributed by atoms with van der Waals surface area (Å²) < 4.78 is 10.5. The summed E-state index contributed by atoms with van der Waals surface area (Å²) >= 11 is 0. The molecule has 3 atom stereocenters. The van der Waals surface area contributed by atoms with Crippen molar-refractivity contribution in [3.8, 4) is 0 Å². The molecule has 2 unspecified atom stereocenters. The number of carbonyl (C=O) groups excluding carboxylic acids is 3. The molecular weight excluding hydrogens is 503 g/mol. The monoisotopic (exact) mass is 534 g/mol. The third-order valence-corrected chi connectivity index (χ3v) is 6.36. The number of morpholine rings is 1. The number of esters is 1. The van der Waals surface area contributed by atoms with Crippen LogP contribution in [0.4, 0.5) is 4.79 Å². The van der Waals surface area contributed by atoms with E-state index in [2.05, 4.69) is 10.6 Å². The molecule has 0 aliphatic carbocycles. The summed E-state index contributed by atoms with van der Waals surface area (Å²) in [5.74, 6) is -1.74. The van der Waals surface area contributed by atoms with Gasteiger partial charge in [-0.25, -0.2) is 4.79 Å². The van der Waals surface area contributed by atoms with Crippen LogP contribution in [0.5, 0.6) is 0 Å². The Labute approximate surface area is 226 Å². The van der Waals surface area contributed by atoms with E-state index in [0.717, 1.165) is 10.9 Å². The Morgan fingerprint density at radius 1 is 0.949 bits per heavy atom. The van der Waals surface area contributed by atoms with Crippen LogP contribution in [0, 0.1) is 0 Å². The SMILES string of the molecule is N[C@@H](Cc1ccccc1)C(=O)OC(NC(=O)C(NC(=O)N1CCOCC1)c1cccc2ccccc12)B(O)O. The third kappa shape index (κ3) is 7.33. The van der Waals surface area contributed by atoms with Gasteiger partial charge in [0.25, 0.3) is 0 Å². The first-order valence-electron chi connectivity index (χ1n) is 12.6. The predicted molar refractivity (Wildman–Crippen MR) is 144 cm³/mol. The van der Waals surface area contributed by atoms with Crippen LogP contribution >= 0.6 is 0 Å². The number of fused-ring (bicyclic) bond motifs is 1. The molecule has 1 fully saturated rings. The zero-order chi connectivity index (χ0) is 27.8. The standard InChI is InChI=1S/C27H31BN4O7/c29-22(17-18-7-2-1-3-8-18)25(34)39-26(28(36)37)31-24(33)23(30-27(35)32-13-15-38-16-14-32)21-12-6-10-19-9-4-5-11-20(19)21/h1-12,22-23,26,36-37H,13-17,29H2,(H,30,35)(H,31,33)/t22-,23?,26?/m0/s1. The van der Waals surface area contributed by atoms with Crippen molar-refractivity contribution in [2.45, 2.75) is 24.6 Å². The maximum Gasteiger partial charge on any atom is 0.517 e. The highest BCUT2D eigenvalue weighted by atomic mass is 16.6. The highest BCUT2D eigenvalue weighted by molar-refractivity contribution is 6.43. The Hall–Kier alpha value is -3.97. The number of urea groups is 1. The fourth-order valence-corrected chi connectivity index (χ4v) is 4.32. The van der Waals surface area contributed by atoms with Gasteiger partial charge in [-0.1, -0.05) is 72.8 Å². The number of carbonyl (C=O) groups is 3. The number of amides is 3. The molecule has 204 valence electrons. The summed E-state index contributed by atoms with van der Waals surface area (Å²) in [7, 11) is -2.25. The maximum absolute atomic E-state index is 13.5. The summed E-state index contributed by atoms with van der Waals surface area (Å²) in [6, 6.07) is 18.8. The first-order valence-corrected chi connectivity index (χ1v) is 12.6. The molecule has 3 aromatic rings. The lowest BCUT2D eigenvalue weighted by molar-refractivity contribution is -0.150. The van der Waals surface area contributed by atoms with E-state index in [9.17, 15) is 24.4 Å². The van der Waals surface area contributed by atoms with Crippen LogP contribution in [-0.2, 0) is 25.5 Å². The van der Waals surface area contributed by atoms with Gasteiger partial charge in [-0.05, 0) is 28.3 Å². The molecule has 6 N–H and O–H groups in total. The average Bonchev–Trinajstić information content (AvgIpc) is 2.96. The third-order valence-electron chi connectivity index (χ3n) is 6.36. The molecule has 0 spiro atoms. The summed E-state index contributed by atoms with van der Waals surface area (Å²) in [6.45, 7) is 1.45. The molecule has 12 heteroatoms. The second-order valence-corrected chi connectivity index (χ2v) is 9.13. The number of nitrogens with zero attached hydrogens (tertiary/aromatic N) is 1. The first-order chi connectivity index (χ1) is 18.8. The van der Waals surface area contributed by atoms with Crippen molar-refractivity contribution in [3.05, 3.63) is 83.9 Å². The van der Waals surface area contributed by atoms with Gasteiger partial charge in [0.1, 0.15) is 12.1 Å². The lowest BCUT2D eigenvalue weighted by Crippen LogP contribution is -2.55. The van der Waals surface area contributed by atoms with Gasteiger partial charge >= 0.3 is 19.1 Å². The number of nitrogens with one attached hydrogen (secondary N) is 2. The largest absolute Gasteiger partial charge is 0.517 e. The summed E-state index contributed by atoms with van der Waals surface area (Å²) in [6.07, 6.45) is -1.68. The van der Waals surface area contributed by atoms with Gasteiger partial charge < -0.3 is 40.8 Å². The first kappa shape index (κ1) is 28.1. The van der Waals surface area contributed by atoms with Crippen LogP contribution in [0.1, 0.15) is 17.2 Å². The molecule has 0 aromatic heterocycles. The topological polar surface area (TPSA) is 163 Å². The highest BCUT2D eigenvalue weighted by Gasteiger charge is 2.35. The number of hydrogen-bond donors (Lipinski definition) is 5. The average molecular weight is 534 g/mol. The smallest absolute Gasteiger partial charge is 0.442 e. The van der Waals surface area contributed by atoms with Gasteiger partial charge in [0.2, 0.25) is 12.0 Å². The van der Waals surface area contributed by atoms with Crippen molar-refractivity contribution >= 4 is 35.8 Å². The molecule has 1 saturated heterocycles. The van der Waals surface area contributed by atoms with Crippen molar-refractivity contribution in [2.75, 3.05) is 26.3 Å². The van der Waals surface area contributed by atoms with Gasteiger partial charge in [0, 0.05) is 13.1 Å². The van der Waals surface area contributed by atoms with Crippen molar-refractivity contribution in [3.63, 3.8) is 0 Å². The molecule has 1 aliphatic heterocycles. The van der Waals surface area contributed by atoms with Crippen molar-refractivity contribution in [2.24, 2.45) is 5.73 Å². The van der Waals surface area contributed by atoms with Gasteiger partial charge in [-0.15, -0.1) is 0 Å². The molecule has 0 saturated carbocycles. The molecule has 0 radical (unpaired) electrons. The van der Waals surface area contributed by atoms with E-state index in [1.807, 2.05) is 30.3 Å². The van der Waals surface area contributed by atoms with E-state index < -0.39 is 43.2 Å². The summed E-state index contributed by atoms with van der Waals surface area (Å²) in [4.78, 5) is 40.8. The van der Waals surface area contributed by atoms with Gasteiger partial charge in [-0.2, -0.15) is 0 Å². The van der Waals surface area contributed by atoms with Crippen molar-refractivity contribution in [1.29, 1.82) is 0 Å². The minimum atomic E-state index is -2.25. The summed E-state index contributed by atoms with van der Waals surface area (Å²) in [5, 5.41) is 26.4. The molecule has 4 rings (SSSR count). The van der Waals surface area contributed by atoms with Crippen LogP contribution < -0.4 is 16.4 Å². The Kier molecular flexibility index (Phi) is 9.50. The zero-order valence-electron chi connectivity index (χ0n) is 21.2. The van der Waals surface area contributed by atoms with Crippen LogP contribution in [0.2, 0.25) is 0 Å². The number of rotatable bonds is 9. The predicted octanol–water partition coefficient (Wildman–Crippen LogP) is 0.490. The second kappa shape index (κ2) is 13.2. The second-order valence-electron chi connectivity index (χ2n) is 9.13. The van der Waals surface area contributed by atoms with Gasteiger partial charge in [0.15, 0.2) is 0 Å². The molecule has 11 nitrogen and oxygen atoms in total. The molecule has 1 heterocycles. The van der Waals surface area contributed by atoms with Crippen LogP contribution in [0.25, 0.3) is 10.8 Å². The highest BCUT2D eigenvalue weighted by Crippen LogP contribution is 2.25. The van der Waals surface area contributed by atoms with E-state index in [4.69, 9.17) is 15.2 Å². The molecule has 3 aromatic carbocycles. The fourth-order valence-electron chi connectivity index (χ4n) is 4.32. The van der Waals surface area contributed by atoms with Crippen LogP contribution in [0.3, 0.4) is 0 Å². The summed E-state index contributed by atoms with van der Waals surface area (Å²) in [5.41, 5.74) is 7.23. The minimum absolute atomic E-state index is 0.149. The van der Waals surface area contributed by atoms with Crippen molar-refractivity contribution < 1.29 is 33.9 Å². The molecule has 0 bridgehead atoms. The minimum Gasteiger partial charge on any atom is -0.442 e. The van der Waals surface area contributed by atoms with Gasteiger partial charge in [-0.3, -0.25) is 9.59 Å². The quantitative estimate of drug-likeness (QED) is 0.151. The van der Waals surface area contributed by atoms with E-state index in [1.165, 1.54) is 4.90 Å². The van der Waals surface area contributed by atoms with E-state index in [1.54, 1.807) is 42.5 Å². The van der Waals surface area contributed by atoms with Crippen LogP contribution in [-0.4, -0.2) is 78.4 Å². The van der Waals surface area contributed by atoms with E-state index in [0.29, 0.717) is 37.3 Å². The van der Waals surface area contributed by atoms with E-state index >= 15 is 0 Å². The normalized spacial score (nSPS) is 15.6. The molecule has 39 heavy (non-hydrogen) atoms. The lowest BCUT2D eigenvalue weighted by atomic mass is 9.87.